The summed E-state index contributed by atoms with van der Waals surface area (Å²) in [5, 5.41) is 0.185. The van der Waals surface area contributed by atoms with E-state index in [0.29, 0.717) is 11.3 Å². The Labute approximate surface area is 153 Å². The highest BCUT2D eigenvalue weighted by Gasteiger charge is 2.35. The molecular weight excluding hydrogens is 427 g/mol. The molecule has 5 nitrogen and oxygen atoms in total. The highest BCUT2D eigenvalue weighted by molar-refractivity contribution is 14.1. The van der Waals surface area contributed by atoms with E-state index in [1.165, 1.54) is 9.80 Å². The molecule has 0 unspecified atom stereocenters. The molecule has 1 aliphatic heterocycles. The van der Waals surface area contributed by atoms with Crippen LogP contribution in [0.25, 0.3) is 6.08 Å². The lowest BCUT2D eigenvalue weighted by molar-refractivity contribution is -0.132. The van der Waals surface area contributed by atoms with Crippen molar-refractivity contribution in [2.24, 2.45) is 0 Å². The SMILES string of the molecule is C#CCOc1ccc(C=C2C(=O)N(C)C(=S)N(C)C2=O)cc1I. The number of benzene rings is 1. The van der Waals surface area contributed by atoms with Crippen molar-refractivity contribution >= 4 is 57.8 Å². The van der Waals surface area contributed by atoms with Gasteiger partial charge in [-0.05, 0) is 58.6 Å². The maximum atomic E-state index is 12.3. The fraction of sp³-hybridized carbons (Fsp3) is 0.188. The van der Waals surface area contributed by atoms with E-state index in [9.17, 15) is 9.59 Å². The standard InChI is InChI=1S/C16H13IN2O3S/c1-4-7-22-13-6-5-10(9-12(13)17)8-11-14(20)18(2)16(23)19(3)15(11)21/h1,5-6,8-9H,7H2,2-3H3. The van der Waals surface area contributed by atoms with Gasteiger partial charge in [0.05, 0.1) is 3.57 Å². The molecule has 1 aliphatic rings. The third-order valence-electron chi connectivity index (χ3n) is 3.22. The van der Waals surface area contributed by atoms with Crippen LogP contribution < -0.4 is 4.74 Å². The fourth-order valence-corrected chi connectivity index (χ4v) is 2.85. The Morgan fingerprint density at radius 2 is 1.91 bits per heavy atom. The molecule has 118 valence electrons. The number of nitrogens with zero attached hydrogens (tertiary/aromatic N) is 2. The first kappa shape index (κ1) is 17.4. The van der Waals surface area contributed by atoms with E-state index >= 15 is 0 Å². The molecule has 1 fully saturated rings. The average Bonchev–Trinajstić information content (AvgIpc) is 2.54. The molecule has 0 atom stereocenters. The number of carbonyl (C=O) groups is 2. The van der Waals surface area contributed by atoms with Crippen molar-refractivity contribution in [1.82, 2.24) is 9.80 Å². The number of ether oxygens (including phenoxy) is 1. The van der Waals surface area contributed by atoms with Crippen molar-refractivity contribution in [3.63, 3.8) is 0 Å². The van der Waals surface area contributed by atoms with Crippen LogP contribution in [0.2, 0.25) is 0 Å². The predicted molar refractivity (Wildman–Crippen MR) is 99.6 cm³/mol. The molecule has 0 saturated carbocycles. The van der Waals surface area contributed by atoms with E-state index in [4.69, 9.17) is 23.4 Å². The number of hydrogen-bond donors (Lipinski definition) is 0. The zero-order valence-electron chi connectivity index (χ0n) is 12.5. The monoisotopic (exact) mass is 440 g/mol. The van der Waals surface area contributed by atoms with E-state index in [0.717, 1.165) is 3.57 Å². The Balaban J connectivity index is 2.35. The van der Waals surface area contributed by atoms with Crippen molar-refractivity contribution in [2.75, 3.05) is 20.7 Å². The van der Waals surface area contributed by atoms with E-state index in [1.807, 2.05) is 6.07 Å². The Hall–Kier alpha value is -1.92. The van der Waals surface area contributed by atoms with Gasteiger partial charge in [-0.1, -0.05) is 12.0 Å². The highest BCUT2D eigenvalue weighted by atomic mass is 127. The summed E-state index contributed by atoms with van der Waals surface area (Å²) in [6.45, 7) is 0.181. The zero-order valence-corrected chi connectivity index (χ0v) is 15.5. The largest absolute Gasteiger partial charge is 0.480 e. The zero-order chi connectivity index (χ0) is 17.1. The molecule has 7 heteroatoms. The molecule has 0 bridgehead atoms. The summed E-state index contributed by atoms with van der Waals surface area (Å²) in [6.07, 6.45) is 6.71. The molecule has 23 heavy (non-hydrogen) atoms. The third-order valence-corrected chi connectivity index (χ3v) is 4.61. The molecule has 2 amide bonds. The second-order valence-corrected chi connectivity index (χ2v) is 6.28. The van der Waals surface area contributed by atoms with Crippen LogP contribution in [-0.4, -0.2) is 47.4 Å². The molecule has 1 saturated heterocycles. The van der Waals surface area contributed by atoms with Crippen LogP contribution in [0.4, 0.5) is 0 Å². The predicted octanol–water partition coefficient (Wildman–Crippen LogP) is 1.90. The lowest BCUT2D eigenvalue weighted by Crippen LogP contribution is -2.52. The number of likely N-dealkylation sites (N-methyl/N-ethyl adjacent to an activating group) is 2. The summed E-state index contributed by atoms with van der Waals surface area (Å²) >= 11 is 7.16. The van der Waals surface area contributed by atoms with Crippen LogP contribution in [0.1, 0.15) is 5.56 Å². The Morgan fingerprint density at radius 1 is 1.30 bits per heavy atom. The first-order chi connectivity index (χ1) is 10.9. The summed E-state index contributed by atoms with van der Waals surface area (Å²) in [5.41, 5.74) is 0.783. The second kappa shape index (κ2) is 7.10. The first-order valence-electron chi connectivity index (χ1n) is 6.54. The molecule has 1 aromatic rings. The first-order valence-corrected chi connectivity index (χ1v) is 8.03. The minimum atomic E-state index is -0.416. The summed E-state index contributed by atoms with van der Waals surface area (Å²) < 4.78 is 6.22. The van der Waals surface area contributed by atoms with Gasteiger partial charge >= 0.3 is 0 Å². The van der Waals surface area contributed by atoms with Gasteiger partial charge in [0.1, 0.15) is 17.9 Å². The Bertz CT molecular complexity index is 741. The van der Waals surface area contributed by atoms with E-state index < -0.39 is 11.8 Å². The van der Waals surface area contributed by atoms with Crippen LogP contribution in [0, 0.1) is 15.9 Å². The van der Waals surface area contributed by atoms with Crippen LogP contribution in [0.5, 0.6) is 5.75 Å². The molecule has 1 aromatic carbocycles. The average molecular weight is 440 g/mol. The van der Waals surface area contributed by atoms with Gasteiger partial charge in [0, 0.05) is 14.1 Å². The molecule has 0 spiro atoms. The van der Waals surface area contributed by atoms with E-state index in [-0.39, 0.29) is 17.3 Å². The van der Waals surface area contributed by atoms with Crippen LogP contribution >= 0.6 is 34.8 Å². The van der Waals surface area contributed by atoms with Gasteiger partial charge in [0.2, 0.25) is 0 Å². The van der Waals surface area contributed by atoms with Crippen LogP contribution in [0.3, 0.4) is 0 Å². The summed E-state index contributed by atoms with van der Waals surface area (Å²) in [6, 6.07) is 5.32. The minimum Gasteiger partial charge on any atom is -0.480 e. The molecule has 0 radical (unpaired) electrons. The third kappa shape index (κ3) is 3.54. The second-order valence-electron chi connectivity index (χ2n) is 4.75. The van der Waals surface area contributed by atoms with Crippen molar-refractivity contribution < 1.29 is 14.3 Å². The molecule has 1 heterocycles. The minimum absolute atomic E-state index is 0.0664. The highest BCUT2D eigenvalue weighted by Crippen LogP contribution is 2.24. The fourth-order valence-electron chi connectivity index (χ4n) is 1.99. The normalized spacial score (nSPS) is 14.9. The quantitative estimate of drug-likeness (QED) is 0.237. The van der Waals surface area contributed by atoms with E-state index in [1.54, 1.807) is 32.3 Å². The maximum absolute atomic E-state index is 12.3. The number of rotatable bonds is 3. The maximum Gasteiger partial charge on any atom is 0.265 e. The lowest BCUT2D eigenvalue weighted by Gasteiger charge is -2.31. The molecule has 0 aromatic heterocycles. The molecule has 0 aliphatic carbocycles. The smallest absolute Gasteiger partial charge is 0.265 e. The number of thiocarbonyl (C=S) groups is 1. The van der Waals surface area contributed by atoms with Crippen LogP contribution in [0.15, 0.2) is 23.8 Å². The number of amides is 2. The molecular formula is C16H13IN2O3S. The summed E-state index contributed by atoms with van der Waals surface area (Å²) in [7, 11) is 3.09. The number of carbonyl (C=O) groups excluding carboxylic acids is 2. The van der Waals surface area contributed by atoms with Crippen molar-refractivity contribution in [2.45, 2.75) is 0 Å². The molecule has 0 N–H and O–H groups in total. The van der Waals surface area contributed by atoms with Gasteiger partial charge in [0.25, 0.3) is 11.8 Å². The van der Waals surface area contributed by atoms with E-state index in [2.05, 4.69) is 28.5 Å². The van der Waals surface area contributed by atoms with Gasteiger partial charge in [-0.3, -0.25) is 19.4 Å². The topological polar surface area (TPSA) is 49.9 Å². The lowest BCUT2D eigenvalue weighted by atomic mass is 10.1. The van der Waals surface area contributed by atoms with Crippen molar-refractivity contribution in [1.29, 1.82) is 0 Å². The molecule has 2 rings (SSSR count). The Kier molecular flexibility index (Phi) is 5.38. The van der Waals surface area contributed by atoms with Gasteiger partial charge < -0.3 is 4.74 Å². The number of terminal acetylenes is 1. The number of hydrogen-bond acceptors (Lipinski definition) is 4. The Morgan fingerprint density at radius 3 is 2.43 bits per heavy atom. The number of halogens is 1. The van der Waals surface area contributed by atoms with Gasteiger partial charge in [-0.15, -0.1) is 6.42 Å². The van der Waals surface area contributed by atoms with Crippen LogP contribution in [-0.2, 0) is 9.59 Å². The van der Waals surface area contributed by atoms with Gasteiger partial charge in [-0.25, -0.2) is 0 Å². The van der Waals surface area contributed by atoms with Gasteiger partial charge in [0.15, 0.2) is 5.11 Å². The van der Waals surface area contributed by atoms with Crippen molar-refractivity contribution in [3.8, 4) is 18.1 Å². The van der Waals surface area contributed by atoms with Gasteiger partial charge in [-0.2, -0.15) is 0 Å². The summed E-state index contributed by atoms with van der Waals surface area (Å²) in [4.78, 5) is 27.1. The summed E-state index contributed by atoms with van der Waals surface area (Å²) in [5.74, 6) is 2.22. The van der Waals surface area contributed by atoms with Crippen molar-refractivity contribution in [3.05, 3.63) is 32.9 Å².